The second kappa shape index (κ2) is 7.67. The molecular weight excluding hydrogens is 337 g/mol. The number of Topliss-reactive ketones (excluding diaryl/α,β-unsaturated/α-hetero) is 1. The number of ketones is 1. The van der Waals surface area contributed by atoms with Gasteiger partial charge in [0, 0.05) is 12.8 Å². The smallest absolute Gasteiger partial charge is 0.368 e. The largest absolute Gasteiger partial charge is 0.416 e. The first-order valence-corrected chi connectivity index (χ1v) is 7.93. The van der Waals surface area contributed by atoms with Crippen LogP contribution < -0.4 is 11.1 Å². The van der Waals surface area contributed by atoms with Gasteiger partial charge in [-0.2, -0.15) is 13.2 Å². The zero-order chi connectivity index (χ0) is 18.6. The summed E-state index contributed by atoms with van der Waals surface area (Å²) in [5.41, 5.74) is 4.65. The van der Waals surface area contributed by atoms with E-state index in [0.717, 1.165) is 12.1 Å². The summed E-state index contributed by atoms with van der Waals surface area (Å²) in [6.45, 7) is 0. The minimum absolute atomic E-state index is 0.00891. The van der Waals surface area contributed by atoms with Gasteiger partial charge in [0.1, 0.15) is 11.8 Å². The summed E-state index contributed by atoms with van der Waals surface area (Å²) in [5.74, 6) is -1.72. The predicted molar refractivity (Wildman–Crippen MR) is 83.2 cm³/mol. The molecule has 1 aromatic rings. The van der Waals surface area contributed by atoms with Gasteiger partial charge < -0.3 is 11.1 Å². The topological polar surface area (TPSA) is 89.3 Å². The Bertz CT molecular complexity index is 673. The highest BCUT2D eigenvalue weighted by atomic mass is 19.4. The number of amides is 2. The van der Waals surface area contributed by atoms with Crippen LogP contribution in [0.1, 0.15) is 36.8 Å². The van der Waals surface area contributed by atoms with E-state index in [9.17, 15) is 27.6 Å². The van der Waals surface area contributed by atoms with E-state index in [0.29, 0.717) is 19.3 Å². The molecule has 0 unspecified atom stereocenters. The van der Waals surface area contributed by atoms with Gasteiger partial charge in [-0.05, 0) is 30.4 Å². The summed E-state index contributed by atoms with van der Waals surface area (Å²) < 4.78 is 38.1. The highest BCUT2D eigenvalue weighted by molar-refractivity contribution is 5.89. The van der Waals surface area contributed by atoms with Crippen LogP contribution >= 0.6 is 0 Å². The Morgan fingerprint density at radius 2 is 2.04 bits per heavy atom. The first-order chi connectivity index (χ1) is 11.7. The summed E-state index contributed by atoms with van der Waals surface area (Å²) in [6.07, 6.45) is -2.99. The molecule has 136 valence electrons. The fourth-order valence-corrected chi connectivity index (χ4v) is 3.03. The summed E-state index contributed by atoms with van der Waals surface area (Å²) in [7, 11) is 0. The van der Waals surface area contributed by atoms with Gasteiger partial charge in [-0.15, -0.1) is 0 Å². The zero-order valence-corrected chi connectivity index (χ0v) is 13.4. The number of halogens is 3. The minimum Gasteiger partial charge on any atom is -0.368 e. The van der Waals surface area contributed by atoms with Crippen LogP contribution in [0.3, 0.4) is 0 Å². The molecule has 0 saturated heterocycles. The van der Waals surface area contributed by atoms with Crippen molar-refractivity contribution in [1.29, 1.82) is 0 Å². The lowest BCUT2D eigenvalue weighted by Crippen LogP contribution is -2.50. The lowest BCUT2D eigenvalue weighted by Gasteiger charge is -2.28. The van der Waals surface area contributed by atoms with Gasteiger partial charge in [-0.1, -0.05) is 18.2 Å². The van der Waals surface area contributed by atoms with Crippen molar-refractivity contribution in [2.24, 2.45) is 11.7 Å². The fraction of sp³-hybridized carbons (Fsp3) is 0.471. The number of carbonyl (C=O) groups excluding carboxylic acids is 3. The molecule has 0 aromatic heterocycles. The van der Waals surface area contributed by atoms with Crippen LogP contribution in [0.15, 0.2) is 24.3 Å². The third-order valence-electron chi connectivity index (χ3n) is 4.23. The van der Waals surface area contributed by atoms with E-state index < -0.39 is 29.6 Å². The number of primary amides is 1. The van der Waals surface area contributed by atoms with Crippen molar-refractivity contribution in [3.05, 3.63) is 35.4 Å². The lowest BCUT2D eigenvalue weighted by atomic mass is 9.82. The van der Waals surface area contributed by atoms with Gasteiger partial charge in [0.2, 0.25) is 11.8 Å². The quantitative estimate of drug-likeness (QED) is 0.845. The number of benzene rings is 1. The molecule has 0 bridgehead atoms. The number of nitrogens with two attached hydrogens (primary N) is 1. The third kappa shape index (κ3) is 5.30. The maximum Gasteiger partial charge on any atom is 0.416 e. The molecule has 1 saturated carbocycles. The standard InChI is InChI=1S/C17H19F3N2O3/c18-17(19,20)12-5-1-3-10(7-12)8-14(24)22-15(16(21)25)11-4-2-6-13(23)9-11/h1,3,5,7,11,15H,2,4,6,8-9H2,(H2,21,25)(H,22,24)/t11-,15+/m0/s1. The van der Waals surface area contributed by atoms with Crippen molar-refractivity contribution >= 4 is 17.6 Å². The SMILES string of the molecule is NC(=O)[C@H](NC(=O)Cc1cccc(C(F)(F)F)c1)[C@H]1CCCC(=O)C1. The van der Waals surface area contributed by atoms with Crippen molar-refractivity contribution in [2.75, 3.05) is 0 Å². The number of carbonyl (C=O) groups is 3. The highest BCUT2D eigenvalue weighted by Crippen LogP contribution is 2.29. The van der Waals surface area contributed by atoms with Gasteiger partial charge in [0.15, 0.2) is 0 Å². The molecule has 1 aliphatic rings. The fourth-order valence-electron chi connectivity index (χ4n) is 3.03. The molecule has 0 radical (unpaired) electrons. The molecule has 5 nitrogen and oxygen atoms in total. The molecule has 1 aliphatic carbocycles. The molecule has 2 rings (SSSR count). The van der Waals surface area contributed by atoms with Gasteiger partial charge >= 0.3 is 6.18 Å². The van der Waals surface area contributed by atoms with Crippen molar-refractivity contribution in [2.45, 2.75) is 44.3 Å². The lowest BCUT2D eigenvalue weighted by molar-refractivity contribution is -0.137. The molecule has 0 aliphatic heterocycles. The van der Waals surface area contributed by atoms with E-state index in [1.54, 1.807) is 0 Å². The van der Waals surface area contributed by atoms with Crippen LogP contribution in [0, 0.1) is 5.92 Å². The first kappa shape index (κ1) is 19.0. The maximum atomic E-state index is 12.7. The van der Waals surface area contributed by atoms with Gasteiger partial charge in [-0.3, -0.25) is 14.4 Å². The molecule has 1 aromatic carbocycles. The average Bonchev–Trinajstić information content (AvgIpc) is 2.51. The molecule has 1 fully saturated rings. The van der Waals surface area contributed by atoms with Crippen LogP contribution in [-0.2, 0) is 27.0 Å². The Morgan fingerprint density at radius 1 is 1.32 bits per heavy atom. The number of hydrogen-bond donors (Lipinski definition) is 2. The van der Waals surface area contributed by atoms with Crippen LogP contribution in [-0.4, -0.2) is 23.6 Å². The minimum atomic E-state index is -4.50. The van der Waals surface area contributed by atoms with Crippen LogP contribution in [0.2, 0.25) is 0 Å². The second-order valence-electron chi connectivity index (χ2n) is 6.22. The molecule has 2 atom stereocenters. The second-order valence-corrected chi connectivity index (χ2v) is 6.22. The van der Waals surface area contributed by atoms with Crippen molar-refractivity contribution < 1.29 is 27.6 Å². The molecule has 0 spiro atoms. The molecule has 0 heterocycles. The van der Waals surface area contributed by atoms with Gasteiger partial charge in [-0.25, -0.2) is 0 Å². The molecule has 2 amide bonds. The number of rotatable bonds is 5. The van der Waals surface area contributed by atoms with E-state index in [4.69, 9.17) is 5.73 Å². The Labute approximate surface area is 142 Å². The van der Waals surface area contributed by atoms with E-state index in [2.05, 4.69) is 5.32 Å². The third-order valence-corrected chi connectivity index (χ3v) is 4.23. The maximum absolute atomic E-state index is 12.7. The number of nitrogens with one attached hydrogen (secondary N) is 1. The molecule has 25 heavy (non-hydrogen) atoms. The summed E-state index contributed by atoms with van der Waals surface area (Å²) in [4.78, 5) is 35.3. The predicted octanol–water partition coefficient (Wildman–Crippen LogP) is 1.98. The van der Waals surface area contributed by atoms with Crippen LogP contribution in [0.25, 0.3) is 0 Å². The summed E-state index contributed by atoms with van der Waals surface area (Å²) in [5, 5.41) is 2.47. The first-order valence-electron chi connectivity index (χ1n) is 7.93. The highest BCUT2D eigenvalue weighted by Gasteiger charge is 2.33. The molecular formula is C17H19F3N2O3. The van der Waals surface area contributed by atoms with Gasteiger partial charge in [0.05, 0.1) is 12.0 Å². The zero-order valence-electron chi connectivity index (χ0n) is 13.4. The van der Waals surface area contributed by atoms with Gasteiger partial charge in [0.25, 0.3) is 0 Å². The van der Waals surface area contributed by atoms with Crippen LogP contribution in [0.4, 0.5) is 13.2 Å². The Kier molecular flexibility index (Phi) is 5.81. The van der Waals surface area contributed by atoms with E-state index in [1.165, 1.54) is 12.1 Å². The monoisotopic (exact) mass is 356 g/mol. The average molecular weight is 356 g/mol. The normalized spacial score (nSPS) is 19.3. The molecule has 8 heteroatoms. The van der Waals surface area contributed by atoms with Crippen LogP contribution in [0.5, 0.6) is 0 Å². The van der Waals surface area contributed by atoms with Crippen molar-refractivity contribution in [3.8, 4) is 0 Å². The Hall–Kier alpha value is -2.38. The number of hydrogen-bond acceptors (Lipinski definition) is 3. The number of alkyl halides is 3. The van der Waals surface area contributed by atoms with E-state index >= 15 is 0 Å². The Balaban J connectivity index is 2.04. The van der Waals surface area contributed by atoms with E-state index in [1.807, 2.05) is 0 Å². The molecule has 3 N–H and O–H groups in total. The van der Waals surface area contributed by atoms with Crippen molar-refractivity contribution in [1.82, 2.24) is 5.32 Å². The van der Waals surface area contributed by atoms with Crippen molar-refractivity contribution in [3.63, 3.8) is 0 Å². The summed E-state index contributed by atoms with van der Waals surface area (Å²) in [6, 6.07) is 3.43. The Morgan fingerprint density at radius 3 is 2.64 bits per heavy atom. The summed E-state index contributed by atoms with van der Waals surface area (Å²) >= 11 is 0. The van der Waals surface area contributed by atoms with E-state index in [-0.39, 0.29) is 30.1 Å².